The molecule has 0 radical (unpaired) electrons. The molecule has 0 unspecified atom stereocenters. The molecule has 0 fully saturated rings. The van der Waals surface area contributed by atoms with Crippen molar-refractivity contribution in [2.24, 2.45) is 7.05 Å². The first kappa shape index (κ1) is 12.1. The summed E-state index contributed by atoms with van der Waals surface area (Å²) in [4.78, 5) is 19.3. The van der Waals surface area contributed by atoms with E-state index >= 15 is 0 Å². The van der Waals surface area contributed by atoms with Crippen LogP contribution in [0.1, 0.15) is 10.5 Å². The number of fused-ring (bicyclic) bond motifs is 1. The lowest BCUT2D eigenvalue weighted by molar-refractivity contribution is 0.0691. The molecule has 2 N–H and O–H groups in total. The van der Waals surface area contributed by atoms with Crippen molar-refractivity contribution in [3.63, 3.8) is 0 Å². The van der Waals surface area contributed by atoms with Crippen LogP contribution in [0.15, 0.2) is 36.7 Å². The summed E-state index contributed by atoms with van der Waals surface area (Å²) in [6.45, 7) is 0. The quantitative estimate of drug-likeness (QED) is 0.753. The number of carboxylic acid groups (broad SMARTS) is 1. The second-order valence-electron chi connectivity index (χ2n) is 4.23. The smallest absolute Gasteiger partial charge is 0.354 e. The molecule has 0 aliphatic heterocycles. The second kappa shape index (κ2) is 4.61. The van der Waals surface area contributed by atoms with Gasteiger partial charge in [0.25, 0.3) is 0 Å². The Morgan fingerprint density at radius 2 is 2.20 bits per heavy atom. The zero-order valence-corrected chi connectivity index (χ0v) is 10.6. The Hall–Kier alpha value is -2.96. The summed E-state index contributed by atoms with van der Waals surface area (Å²) in [6, 6.07) is 6.66. The molecule has 0 amide bonds. The van der Waals surface area contributed by atoms with Crippen molar-refractivity contribution in [3.8, 4) is 0 Å². The van der Waals surface area contributed by atoms with E-state index in [0.717, 1.165) is 11.2 Å². The minimum Gasteiger partial charge on any atom is -0.477 e. The molecule has 3 aromatic heterocycles. The molecule has 7 heteroatoms. The Balaban J connectivity index is 2.00. The zero-order valence-electron chi connectivity index (χ0n) is 10.6. The average molecular weight is 269 g/mol. The lowest BCUT2D eigenvalue weighted by Gasteiger charge is -2.06. The minimum absolute atomic E-state index is 0.00943. The van der Waals surface area contributed by atoms with Gasteiger partial charge in [-0.3, -0.25) is 4.68 Å². The van der Waals surface area contributed by atoms with Gasteiger partial charge in [-0.05, 0) is 12.1 Å². The van der Waals surface area contributed by atoms with Gasteiger partial charge in [-0.15, -0.1) is 0 Å². The maximum atomic E-state index is 10.9. The summed E-state index contributed by atoms with van der Waals surface area (Å²) in [5.41, 5.74) is 0.583. The number of pyridine rings is 2. The molecule has 0 aliphatic rings. The van der Waals surface area contributed by atoms with E-state index in [1.165, 1.54) is 6.07 Å². The van der Waals surface area contributed by atoms with Crippen LogP contribution < -0.4 is 5.32 Å². The van der Waals surface area contributed by atoms with Crippen LogP contribution in [-0.2, 0) is 7.05 Å². The van der Waals surface area contributed by atoms with E-state index in [-0.39, 0.29) is 5.69 Å². The van der Waals surface area contributed by atoms with Gasteiger partial charge in [-0.25, -0.2) is 14.8 Å². The molecule has 100 valence electrons. The molecule has 3 rings (SSSR count). The van der Waals surface area contributed by atoms with Crippen LogP contribution in [0.5, 0.6) is 0 Å². The summed E-state index contributed by atoms with van der Waals surface area (Å²) in [5, 5.41) is 16.9. The first-order valence-corrected chi connectivity index (χ1v) is 5.88. The molecular formula is C13H11N5O2. The van der Waals surface area contributed by atoms with E-state index in [1.54, 1.807) is 29.2 Å². The first-order valence-electron chi connectivity index (χ1n) is 5.88. The van der Waals surface area contributed by atoms with Gasteiger partial charge in [-0.1, -0.05) is 0 Å². The topological polar surface area (TPSA) is 92.9 Å². The van der Waals surface area contributed by atoms with Gasteiger partial charge in [0.05, 0.1) is 11.7 Å². The lowest BCUT2D eigenvalue weighted by Crippen LogP contribution is -2.02. The van der Waals surface area contributed by atoms with E-state index in [9.17, 15) is 4.79 Å². The lowest BCUT2D eigenvalue weighted by atomic mass is 10.2. The summed E-state index contributed by atoms with van der Waals surface area (Å²) in [7, 11) is 1.81. The van der Waals surface area contributed by atoms with Gasteiger partial charge in [0.1, 0.15) is 17.3 Å². The van der Waals surface area contributed by atoms with Crippen LogP contribution in [0.3, 0.4) is 0 Å². The highest BCUT2D eigenvalue weighted by molar-refractivity contribution is 5.90. The third-order valence-electron chi connectivity index (χ3n) is 2.87. The molecule has 0 saturated heterocycles. The Kier molecular flexibility index (Phi) is 2.79. The molecule has 3 heterocycles. The van der Waals surface area contributed by atoms with E-state index in [4.69, 9.17) is 5.11 Å². The number of aryl methyl sites for hydroxylation is 1. The Bertz CT molecular complexity index is 796. The van der Waals surface area contributed by atoms with Gasteiger partial charge in [0, 0.05) is 30.8 Å². The van der Waals surface area contributed by atoms with Gasteiger partial charge in [0.2, 0.25) is 0 Å². The van der Waals surface area contributed by atoms with Crippen molar-refractivity contribution < 1.29 is 9.90 Å². The van der Waals surface area contributed by atoms with E-state index in [0.29, 0.717) is 11.3 Å². The third-order valence-corrected chi connectivity index (χ3v) is 2.87. The molecular weight excluding hydrogens is 258 g/mol. The highest BCUT2D eigenvalue weighted by Crippen LogP contribution is 2.18. The average Bonchev–Trinajstić information content (AvgIpc) is 2.83. The molecule has 0 bridgehead atoms. The van der Waals surface area contributed by atoms with Crippen molar-refractivity contribution in [1.82, 2.24) is 19.7 Å². The fourth-order valence-electron chi connectivity index (χ4n) is 1.83. The van der Waals surface area contributed by atoms with Gasteiger partial charge in [-0.2, -0.15) is 5.10 Å². The number of nitrogens with zero attached hydrogens (tertiary/aromatic N) is 4. The van der Waals surface area contributed by atoms with Crippen molar-refractivity contribution >= 4 is 28.5 Å². The number of anilines is 2. The predicted octanol–water partition coefficient (Wildman–Crippen LogP) is 1.81. The number of hydrogen-bond donors (Lipinski definition) is 2. The van der Waals surface area contributed by atoms with Gasteiger partial charge >= 0.3 is 5.97 Å². The summed E-state index contributed by atoms with van der Waals surface area (Å²) in [5.74, 6) is 0.312. The fourth-order valence-corrected chi connectivity index (χ4v) is 1.83. The number of carbonyl (C=O) groups is 1. The number of hydrogen-bond acceptors (Lipinski definition) is 5. The van der Waals surface area contributed by atoms with E-state index < -0.39 is 5.97 Å². The van der Waals surface area contributed by atoms with Crippen molar-refractivity contribution in [2.45, 2.75) is 0 Å². The van der Waals surface area contributed by atoms with Crippen LogP contribution in [0.25, 0.3) is 10.9 Å². The molecule has 3 aromatic rings. The molecule has 20 heavy (non-hydrogen) atoms. The molecule has 0 saturated carbocycles. The fraction of sp³-hybridized carbons (Fsp3) is 0.0769. The maximum Gasteiger partial charge on any atom is 0.354 e. The summed E-state index contributed by atoms with van der Waals surface area (Å²) in [6.07, 6.45) is 3.32. The summed E-state index contributed by atoms with van der Waals surface area (Å²) >= 11 is 0. The van der Waals surface area contributed by atoms with Crippen LogP contribution in [0.4, 0.5) is 11.6 Å². The van der Waals surface area contributed by atoms with Crippen molar-refractivity contribution in [3.05, 3.63) is 42.4 Å². The molecule has 7 nitrogen and oxygen atoms in total. The van der Waals surface area contributed by atoms with Gasteiger partial charge in [0.15, 0.2) is 0 Å². The highest BCUT2D eigenvalue weighted by Gasteiger charge is 2.07. The van der Waals surface area contributed by atoms with Crippen LogP contribution >= 0.6 is 0 Å². The molecule has 0 atom stereocenters. The number of aromatic nitrogens is 4. The Labute approximate surface area is 113 Å². The van der Waals surface area contributed by atoms with Crippen molar-refractivity contribution in [1.29, 1.82) is 0 Å². The molecule has 0 spiro atoms. The van der Waals surface area contributed by atoms with E-state index in [2.05, 4.69) is 20.4 Å². The first-order chi connectivity index (χ1) is 9.63. The minimum atomic E-state index is -1.05. The number of carboxylic acids is 1. The van der Waals surface area contributed by atoms with Crippen molar-refractivity contribution in [2.75, 3.05) is 5.32 Å². The number of aromatic carboxylic acids is 1. The SMILES string of the molecule is Cn1nccc1Nc1cc2nc(C(=O)O)ccc2cn1. The maximum absolute atomic E-state index is 10.9. The zero-order chi connectivity index (χ0) is 14.1. The van der Waals surface area contributed by atoms with Gasteiger partial charge < -0.3 is 10.4 Å². The predicted molar refractivity (Wildman–Crippen MR) is 73.0 cm³/mol. The van der Waals surface area contributed by atoms with Crippen LogP contribution in [0.2, 0.25) is 0 Å². The molecule has 0 aliphatic carbocycles. The monoisotopic (exact) mass is 269 g/mol. The highest BCUT2D eigenvalue weighted by atomic mass is 16.4. The van der Waals surface area contributed by atoms with E-state index in [1.807, 2.05) is 13.1 Å². The van der Waals surface area contributed by atoms with Crippen LogP contribution in [-0.4, -0.2) is 30.8 Å². The molecule has 0 aromatic carbocycles. The largest absolute Gasteiger partial charge is 0.477 e. The Morgan fingerprint density at radius 1 is 1.35 bits per heavy atom. The Morgan fingerprint density at radius 3 is 2.90 bits per heavy atom. The number of nitrogens with one attached hydrogen (secondary N) is 1. The summed E-state index contributed by atoms with van der Waals surface area (Å²) < 4.78 is 1.67. The second-order valence-corrected chi connectivity index (χ2v) is 4.23. The normalized spacial score (nSPS) is 10.7. The van der Waals surface area contributed by atoms with Crippen LogP contribution in [0, 0.1) is 0 Å². The number of rotatable bonds is 3. The standard InChI is InChI=1S/C13H11N5O2/c1-18-12(4-5-15-18)17-11-6-10-8(7-14-11)2-3-9(16-10)13(19)20/h2-7H,1H3,(H,14,17)(H,19,20). The third kappa shape index (κ3) is 2.16.